The Kier molecular flexibility index (Phi) is 5.83. The molecule has 0 saturated carbocycles. The maximum absolute atomic E-state index is 3.77. The summed E-state index contributed by atoms with van der Waals surface area (Å²) in [4.78, 5) is 2.71. The van der Waals surface area contributed by atoms with E-state index in [0.29, 0.717) is 18.0 Å². The van der Waals surface area contributed by atoms with Crippen molar-refractivity contribution < 1.29 is 0 Å². The summed E-state index contributed by atoms with van der Waals surface area (Å²) in [5.41, 5.74) is 2.82. The van der Waals surface area contributed by atoms with Gasteiger partial charge in [-0.3, -0.25) is 4.90 Å². The van der Waals surface area contributed by atoms with Crippen LogP contribution in [0.1, 0.15) is 45.2 Å². The van der Waals surface area contributed by atoms with Gasteiger partial charge in [0.2, 0.25) is 0 Å². The van der Waals surface area contributed by atoms with Gasteiger partial charge in [0.1, 0.15) is 0 Å². The number of benzene rings is 1. The van der Waals surface area contributed by atoms with E-state index in [9.17, 15) is 0 Å². The van der Waals surface area contributed by atoms with Crippen molar-refractivity contribution in [2.24, 2.45) is 11.8 Å². The fourth-order valence-corrected chi connectivity index (χ4v) is 3.36. The Bertz CT molecular complexity index is 441. The summed E-state index contributed by atoms with van der Waals surface area (Å²) in [6.07, 6.45) is 1.25. The Morgan fingerprint density at radius 1 is 1.29 bits per heavy atom. The van der Waals surface area contributed by atoms with E-state index in [4.69, 9.17) is 0 Å². The predicted molar refractivity (Wildman–Crippen MR) is 91.5 cm³/mol. The van der Waals surface area contributed by atoms with E-state index in [0.717, 1.165) is 19.0 Å². The Hall–Kier alpha value is -0.860. The lowest BCUT2D eigenvalue weighted by Gasteiger charge is -2.44. The third-order valence-electron chi connectivity index (χ3n) is 5.06. The second-order valence-corrected chi connectivity index (χ2v) is 7.13. The fraction of sp³-hybridized carbons (Fsp3) is 0.684. The Morgan fingerprint density at radius 2 is 2.05 bits per heavy atom. The van der Waals surface area contributed by atoms with Crippen LogP contribution in [0.5, 0.6) is 0 Å². The van der Waals surface area contributed by atoms with E-state index < -0.39 is 0 Å². The molecule has 1 N–H and O–H groups in total. The lowest BCUT2D eigenvalue weighted by Crippen LogP contribution is -2.59. The van der Waals surface area contributed by atoms with Crippen LogP contribution < -0.4 is 5.32 Å². The molecule has 3 atom stereocenters. The molecule has 1 aliphatic heterocycles. The summed E-state index contributed by atoms with van der Waals surface area (Å²) in [7, 11) is 0. The topological polar surface area (TPSA) is 15.3 Å². The van der Waals surface area contributed by atoms with Crippen molar-refractivity contribution in [3.8, 4) is 0 Å². The summed E-state index contributed by atoms with van der Waals surface area (Å²) in [6.45, 7) is 14.9. The lowest BCUT2D eigenvalue weighted by molar-refractivity contribution is 0.0722. The van der Waals surface area contributed by atoms with Crippen LogP contribution in [-0.4, -0.2) is 30.1 Å². The molecule has 2 heteroatoms. The third-order valence-corrected chi connectivity index (χ3v) is 5.06. The van der Waals surface area contributed by atoms with Gasteiger partial charge in [0.15, 0.2) is 0 Å². The molecule has 0 radical (unpaired) electrons. The van der Waals surface area contributed by atoms with E-state index in [2.05, 4.69) is 69.1 Å². The first-order valence-electron chi connectivity index (χ1n) is 8.54. The van der Waals surface area contributed by atoms with Crippen LogP contribution in [0.3, 0.4) is 0 Å². The highest BCUT2D eigenvalue weighted by Crippen LogP contribution is 2.22. The standard InChI is InChI=1S/C19H32N2/c1-6-16(5)19-11-20-18(14(2)3)13-21(19)12-17-9-7-8-15(4)10-17/h7-10,14,16,18-20H,6,11-13H2,1-5H3. The SMILES string of the molecule is CCC(C)C1CNC(C(C)C)CN1Cc1cccc(C)c1. The first-order chi connectivity index (χ1) is 10.0. The van der Waals surface area contributed by atoms with E-state index in [1.165, 1.54) is 24.1 Å². The Labute approximate surface area is 130 Å². The summed E-state index contributed by atoms with van der Waals surface area (Å²) in [6, 6.07) is 10.3. The molecule has 1 saturated heterocycles. The molecule has 3 unspecified atom stereocenters. The molecule has 118 valence electrons. The minimum atomic E-state index is 0.620. The van der Waals surface area contributed by atoms with Crippen molar-refractivity contribution in [3.63, 3.8) is 0 Å². The molecule has 1 aliphatic rings. The smallest absolute Gasteiger partial charge is 0.0250 e. The molecule has 21 heavy (non-hydrogen) atoms. The van der Waals surface area contributed by atoms with E-state index in [1.807, 2.05) is 0 Å². The summed E-state index contributed by atoms with van der Waals surface area (Å²) >= 11 is 0. The average Bonchev–Trinajstić information content (AvgIpc) is 2.46. The van der Waals surface area contributed by atoms with Crippen LogP contribution >= 0.6 is 0 Å². The van der Waals surface area contributed by atoms with Crippen molar-refractivity contribution in [2.75, 3.05) is 13.1 Å². The van der Waals surface area contributed by atoms with Gasteiger partial charge >= 0.3 is 0 Å². The van der Waals surface area contributed by atoms with Gasteiger partial charge < -0.3 is 5.32 Å². The maximum Gasteiger partial charge on any atom is 0.0250 e. The highest BCUT2D eigenvalue weighted by atomic mass is 15.2. The van der Waals surface area contributed by atoms with Crippen LogP contribution in [0.25, 0.3) is 0 Å². The summed E-state index contributed by atoms with van der Waals surface area (Å²) in [5.74, 6) is 1.44. The zero-order valence-corrected chi connectivity index (χ0v) is 14.4. The van der Waals surface area contributed by atoms with Crippen LogP contribution in [0, 0.1) is 18.8 Å². The van der Waals surface area contributed by atoms with Gasteiger partial charge in [-0.2, -0.15) is 0 Å². The van der Waals surface area contributed by atoms with Gasteiger partial charge in [0.05, 0.1) is 0 Å². The Morgan fingerprint density at radius 3 is 2.67 bits per heavy atom. The largest absolute Gasteiger partial charge is 0.311 e. The first kappa shape index (κ1) is 16.5. The molecule has 1 fully saturated rings. The number of nitrogens with zero attached hydrogens (tertiary/aromatic N) is 1. The predicted octanol–water partition coefficient (Wildman–Crippen LogP) is 3.84. The molecule has 0 aromatic heterocycles. The molecule has 1 aromatic rings. The summed E-state index contributed by atoms with van der Waals surface area (Å²) < 4.78 is 0. The number of hydrogen-bond acceptors (Lipinski definition) is 2. The van der Waals surface area contributed by atoms with Gasteiger partial charge in [-0.05, 0) is 24.3 Å². The first-order valence-corrected chi connectivity index (χ1v) is 8.54. The average molecular weight is 288 g/mol. The minimum Gasteiger partial charge on any atom is -0.311 e. The molecular weight excluding hydrogens is 256 g/mol. The quantitative estimate of drug-likeness (QED) is 0.885. The van der Waals surface area contributed by atoms with Gasteiger partial charge in [0, 0.05) is 31.7 Å². The monoisotopic (exact) mass is 288 g/mol. The van der Waals surface area contributed by atoms with Crippen LogP contribution in [-0.2, 0) is 6.54 Å². The number of hydrogen-bond donors (Lipinski definition) is 1. The van der Waals surface area contributed by atoms with E-state index in [1.54, 1.807) is 0 Å². The van der Waals surface area contributed by atoms with Gasteiger partial charge in [-0.25, -0.2) is 0 Å². The lowest BCUT2D eigenvalue weighted by atomic mass is 9.91. The molecular formula is C19H32N2. The molecule has 1 aromatic carbocycles. The molecule has 0 spiro atoms. The highest BCUT2D eigenvalue weighted by Gasteiger charge is 2.31. The van der Waals surface area contributed by atoms with Gasteiger partial charge in [0.25, 0.3) is 0 Å². The number of aryl methyl sites for hydroxylation is 1. The second-order valence-electron chi connectivity index (χ2n) is 7.13. The van der Waals surface area contributed by atoms with Crippen molar-refractivity contribution in [1.82, 2.24) is 10.2 Å². The Balaban J connectivity index is 2.12. The minimum absolute atomic E-state index is 0.620. The van der Waals surface area contributed by atoms with Crippen molar-refractivity contribution in [2.45, 2.75) is 59.7 Å². The number of piperazine rings is 1. The van der Waals surface area contributed by atoms with Crippen molar-refractivity contribution in [3.05, 3.63) is 35.4 Å². The van der Waals surface area contributed by atoms with Crippen molar-refractivity contribution in [1.29, 1.82) is 0 Å². The van der Waals surface area contributed by atoms with Crippen LogP contribution in [0.15, 0.2) is 24.3 Å². The van der Waals surface area contributed by atoms with Crippen LogP contribution in [0.4, 0.5) is 0 Å². The molecule has 1 heterocycles. The molecule has 0 aliphatic carbocycles. The molecule has 2 nitrogen and oxygen atoms in total. The molecule has 2 rings (SSSR count). The van der Waals surface area contributed by atoms with Crippen molar-refractivity contribution >= 4 is 0 Å². The summed E-state index contributed by atoms with van der Waals surface area (Å²) in [5, 5.41) is 3.77. The molecule has 0 amide bonds. The van der Waals surface area contributed by atoms with Gasteiger partial charge in [-0.1, -0.05) is 63.9 Å². The van der Waals surface area contributed by atoms with Gasteiger partial charge in [-0.15, -0.1) is 0 Å². The highest BCUT2D eigenvalue weighted by molar-refractivity contribution is 5.22. The maximum atomic E-state index is 3.77. The third kappa shape index (κ3) is 4.31. The normalized spacial score (nSPS) is 25.2. The fourth-order valence-electron chi connectivity index (χ4n) is 3.36. The number of nitrogens with one attached hydrogen (secondary N) is 1. The zero-order valence-electron chi connectivity index (χ0n) is 14.4. The zero-order chi connectivity index (χ0) is 15.4. The second kappa shape index (κ2) is 7.42. The van der Waals surface area contributed by atoms with E-state index in [-0.39, 0.29) is 0 Å². The van der Waals surface area contributed by atoms with E-state index >= 15 is 0 Å². The van der Waals surface area contributed by atoms with Crippen LogP contribution in [0.2, 0.25) is 0 Å². The number of rotatable bonds is 5. The molecule has 0 bridgehead atoms.